The molecule has 1 amide bonds. The predicted molar refractivity (Wildman–Crippen MR) is 119 cm³/mol. The molecule has 3 aromatic rings. The first-order valence-corrected chi connectivity index (χ1v) is 11.2. The number of alkyl halides is 3. The van der Waals surface area contributed by atoms with E-state index in [0.717, 1.165) is 22.8 Å². The van der Waals surface area contributed by atoms with E-state index < -0.39 is 34.3 Å². The van der Waals surface area contributed by atoms with Gasteiger partial charge in [-0.3, -0.25) is 14.2 Å². The molecule has 0 aliphatic heterocycles. The summed E-state index contributed by atoms with van der Waals surface area (Å²) in [5.74, 6) is -0.779. The van der Waals surface area contributed by atoms with Gasteiger partial charge in [-0.25, -0.2) is 4.21 Å². The van der Waals surface area contributed by atoms with Gasteiger partial charge in [0.25, 0.3) is 11.5 Å². The van der Waals surface area contributed by atoms with Crippen LogP contribution < -0.4 is 10.9 Å². The van der Waals surface area contributed by atoms with Gasteiger partial charge in [0, 0.05) is 24.3 Å². The van der Waals surface area contributed by atoms with Gasteiger partial charge >= 0.3 is 6.18 Å². The molecule has 0 aliphatic rings. The maximum absolute atomic E-state index is 13.2. The van der Waals surface area contributed by atoms with Gasteiger partial charge in [0.05, 0.1) is 11.3 Å². The number of nitrogens with one attached hydrogen (secondary N) is 1. The van der Waals surface area contributed by atoms with E-state index in [1.165, 1.54) is 18.2 Å². The summed E-state index contributed by atoms with van der Waals surface area (Å²) in [4.78, 5) is 36.8. The van der Waals surface area contributed by atoms with E-state index in [1.807, 2.05) is 0 Å². The zero-order valence-electron chi connectivity index (χ0n) is 17.5. The second kappa shape index (κ2) is 10.6. The Labute approximate surface area is 194 Å². The summed E-state index contributed by atoms with van der Waals surface area (Å²) in [5.41, 5.74) is -0.841. The number of aromatic nitrogens is 1. The number of carbonyl (C=O) groups excluding carboxylic acids is 2. The Hall–Kier alpha value is -3.57. The van der Waals surface area contributed by atoms with Crippen molar-refractivity contribution in [2.75, 3.05) is 0 Å². The highest BCUT2D eigenvalue weighted by atomic mass is 32.2. The first-order valence-electron chi connectivity index (χ1n) is 9.90. The minimum absolute atomic E-state index is 0.0329. The van der Waals surface area contributed by atoms with E-state index in [4.69, 9.17) is 4.55 Å². The van der Waals surface area contributed by atoms with Crippen LogP contribution in [0.15, 0.2) is 65.5 Å². The Morgan fingerprint density at radius 2 is 1.74 bits per heavy atom. The van der Waals surface area contributed by atoms with Gasteiger partial charge in [-0.2, -0.15) is 13.2 Å². The fourth-order valence-corrected chi connectivity index (χ4v) is 3.75. The van der Waals surface area contributed by atoms with Gasteiger partial charge in [-0.15, -0.1) is 0 Å². The minimum Gasteiger partial charge on any atom is -0.348 e. The molecule has 0 bridgehead atoms. The van der Waals surface area contributed by atoms with Crippen molar-refractivity contribution in [1.29, 1.82) is 0 Å². The van der Waals surface area contributed by atoms with Crippen LogP contribution in [-0.2, 0) is 40.8 Å². The SMILES string of the molecule is O=CCc1ccc(C(=O)NCc2ccc(CS(=O)O)cc2)c(=O)n1-c1cccc(C(F)(F)F)c1. The second-order valence-corrected chi connectivity index (χ2v) is 8.19. The largest absolute Gasteiger partial charge is 0.416 e. The van der Waals surface area contributed by atoms with E-state index in [0.29, 0.717) is 17.4 Å². The zero-order valence-corrected chi connectivity index (χ0v) is 18.4. The summed E-state index contributed by atoms with van der Waals surface area (Å²) in [5, 5.41) is 2.57. The van der Waals surface area contributed by atoms with Gasteiger partial charge in [0.1, 0.15) is 11.8 Å². The first kappa shape index (κ1) is 25.1. The summed E-state index contributed by atoms with van der Waals surface area (Å²) in [7, 11) is 0. The third-order valence-corrected chi connectivity index (χ3v) is 5.48. The van der Waals surface area contributed by atoms with E-state index >= 15 is 0 Å². The van der Waals surface area contributed by atoms with Crippen molar-refractivity contribution in [2.45, 2.75) is 24.9 Å². The number of pyridine rings is 1. The number of carbonyl (C=O) groups is 2. The van der Waals surface area contributed by atoms with Gasteiger partial charge in [0.15, 0.2) is 11.1 Å². The molecule has 11 heteroatoms. The fraction of sp³-hybridized carbons (Fsp3) is 0.174. The molecule has 0 saturated carbocycles. The van der Waals surface area contributed by atoms with Crippen molar-refractivity contribution < 1.29 is 31.5 Å². The molecule has 1 aromatic heterocycles. The van der Waals surface area contributed by atoms with Crippen molar-refractivity contribution >= 4 is 23.3 Å². The molecule has 0 spiro atoms. The standard InChI is InChI=1S/C23H19F3N2O5S/c24-23(25,26)17-2-1-3-19(12-17)28-18(10-11-29)8-9-20(22(28)31)21(30)27-13-15-4-6-16(7-5-15)14-34(32)33/h1-9,11-12H,10,13-14H2,(H,27,30)(H,32,33). The molecule has 34 heavy (non-hydrogen) atoms. The van der Waals surface area contributed by atoms with Crippen LogP contribution in [0.3, 0.4) is 0 Å². The van der Waals surface area contributed by atoms with Crippen LogP contribution in [0.2, 0.25) is 0 Å². The molecular formula is C23H19F3N2O5S. The first-order chi connectivity index (χ1) is 16.1. The Balaban J connectivity index is 1.90. The molecule has 1 unspecified atom stereocenters. The van der Waals surface area contributed by atoms with Crippen molar-refractivity contribution in [3.05, 3.63) is 99.0 Å². The highest BCUT2D eigenvalue weighted by molar-refractivity contribution is 7.78. The molecule has 0 fully saturated rings. The topological polar surface area (TPSA) is 105 Å². The predicted octanol–water partition coefficient (Wildman–Crippen LogP) is 3.25. The van der Waals surface area contributed by atoms with E-state index in [1.54, 1.807) is 24.3 Å². The fourth-order valence-electron chi connectivity index (χ4n) is 3.27. The lowest BCUT2D eigenvalue weighted by Gasteiger charge is -2.15. The van der Waals surface area contributed by atoms with Crippen molar-refractivity contribution in [1.82, 2.24) is 9.88 Å². The van der Waals surface area contributed by atoms with Gasteiger partial charge < -0.3 is 14.7 Å². The minimum atomic E-state index is -4.64. The summed E-state index contributed by atoms with van der Waals surface area (Å²) in [6.07, 6.45) is -4.37. The summed E-state index contributed by atoms with van der Waals surface area (Å²) in [6, 6.07) is 13.2. The number of rotatable bonds is 8. The third-order valence-electron chi connectivity index (χ3n) is 4.90. The van der Waals surface area contributed by atoms with Gasteiger partial charge in [0.2, 0.25) is 0 Å². The number of hydrogen-bond acceptors (Lipinski definition) is 4. The Morgan fingerprint density at radius 1 is 1.06 bits per heavy atom. The van der Waals surface area contributed by atoms with Gasteiger partial charge in [-0.05, 0) is 41.5 Å². The Bertz CT molecular complexity index is 1290. The average Bonchev–Trinajstić information content (AvgIpc) is 2.78. The van der Waals surface area contributed by atoms with Crippen LogP contribution in [0.1, 0.15) is 32.7 Å². The van der Waals surface area contributed by atoms with Crippen LogP contribution in [0.4, 0.5) is 13.2 Å². The molecule has 1 atom stereocenters. The van der Waals surface area contributed by atoms with Crippen molar-refractivity contribution in [2.24, 2.45) is 0 Å². The van der Waals surface area contributed by atoms with E-state index in [-0.39, 0.29) is 35.7 Å². The van der Waals surface area contributed by atoms with Crippen LogP contribution >= 0.6 is 0 Å². The lowest BCUT2D eigenvalue weighted by molar-refractivity contribution is -0.137. The van der Waals surface area contributed by atoms with Gasteiger partial charge in [-0.1, -0.05) is 30.3 Å². The number of benzene rings is 2. The van der Waals surface area contributed by atoms with Crippen LogP contribution in [-0.4, -0.2) is 25.5 Å². The average molecular weight is 492 g/mol. The molecule has 2 N–H and O–H groups in total. The maximum atomic E-state index is 13.2. The Morgan fingerprint density at radius 3 is 2.35 bits per heavy atom. The number of hydrogen-bond donors (Lipinski definition) is 2. The highest BCUT2D eigenvalue weighted by Crippen LogP contribution is 2.30. The molecule has 1 heterocycles. The molecule has 0 aliphatic carbocycles. The molecule has 0 saturated heterocycles. The van der Waals surface area contributed by atoms with Crippen molar-refractivity contribution in [3.8, 4) is 5.69 Å². The normalized spacial score (nSPS) is 12.2. The molecule has 3 rings (SSSR count). The lowest BCUT2D eigenvalue weighted by atomic mass is 10.1. The van der Waals surface area contributed by atoms with Crippen LogP contribution in [0.25, 0.3) is 5.69 Å². The monoisotopic (exact) mass is 492 g/mol. The van der Waals surface area contributed by atoms with E-state index in [2.05, 4.69) is 5.32 Å². The highest BCUT2D eigenvalue weighted by Gasteiger charge is 2.31. The second-order valence-electron chi connectivity index (χ2n) is 7.26. The lowest BCUT2D eigenvalue weighted by Crippen LogP contribution is -2.33. The number of halogens is 3. The number of nitrogens with zero attached hydrogens (tertiary/aromatic N) is 1. The Kier molecular flexibility index (Phi) is 7.79. The number of aldehydes is 1. The number of amides is 1. The maximum Gasteiger partial charge on any atom is 0.416 e. The molecule has 2 aromatic carbocycles. The zero-order chi connectivity index (χ0) is 24.9. The summed E-state index contributed by atoms with van der Waals surface area (Å²) in [6.45, 7) is 0.0421. The van der Waals surface area contributed by atoms with Crippen LogP contribution in [0.5, 0.6) is 0 Å². The molecule has 0 radical (unpaired) electrons. The molecular weight excluding hydrogens is 473 g/mol. The third kappa shape index (κ3) is 6.06. The summed E-state index contributed by atoms with van der Waals surface area (Å²) < 4.78 is 60.2. The van der Waals surface area contributed by atoms with Crippen LogP contribution in [0, 0.1) is 0 Å². The smallest absolute Gasteiger partial charge is 0.348 e. The van der Waals surface area contributed by atoms with E-state index in [9.17, 15) is 31.8 Å². The molecule has 178 valence electrons. The quantitative estimate of drug-likeness (QED) is 0.371. The molecule has 7 nitrogen and oxygen atoms in total. The summed E-state index contributed by atoms with van der Waals surface area (Å²) >= 11 is -1.98. The van der Waals surface area contributed by atoms with Crippen molar-refractivity contribution in [3.63, 3.8) is 0 Å².